The van der Waals surface area contributed by atoms with E-state index in [1.165, 1.54) is 12.8 Å². The van der Waals surface area contributed by atoms with E-state index in [9.17, 15) is 17.6 Å². The van der Waals surface area contributed by atoms with Gasteiger partial charge in [0, 0.05) is 6.54 Å². The number of halogens is 4. The maximum absolute atomic E-state index is 12.3. The molecule has 0 bridgehead atoms. The highest BCUT2D eigenvalue weighted by molar-refractivity contribution is 4.75. The van der Waals surface area contributed by atoms with Crippen LogP contribution in [0, 0.1) is 5.92 Å². The third-order valence-electron chi connectivity index (χ3n) is 2.17. The van der Waals surface area contributed by atoms with Crippen LogP contribution >= 0.6 is 0 Å². The molecule has 1 N–H and O–H groups in total. The molecule has 1 fully saturated rings. The highest BCUT2D eigenvalue weighted by atomic mass is 19.3. The summed E-state index contributed by atoms with van der Waals surface area (Å²) >= 11 is 0. The Hall–Kier alpha value is -0.360. The van der Waals surface area contributed by atoms with Gasteiger partial charge < -0.3 is 10.1 Å². The van der Waals surface area contributed by atoms with Gasteiger partial charge in [0.15, 0.2) is 0 Å². The van der Waals surface area contributed by atoms with Crippen LogP contribution in [0.3, 0.4) is 0 Å². The first-order valence-electron chi connectivity index (χ1n) is 4.97. The molecule has 1 saturated carbocycles. The van der Waals surface area contributed by atoms with Crippen LogP contribution in [-0.2, 0) is 4.74 Å². The molecule has 15 heavy (non-hydrogen) atoms. The van der Waals surface area contributed by atoms with Gasteiger partial charge in [-0.15, -0.1) is 0 Å². The SMILES string of the molecule is FC(F)C(F)(F)COCCNCC1CC1. The van der Waals surface area contributed by atoms with Crippen molar-refractivity contribution in [3.8, 4) is 0 Å². The fourth-order valence-corrected chi connectivity index (χ4v) is 1.04. The summed E-state index contributed by atoms with van der Waals surface area (Å²) in [6, 6.07) is 0. The van der Waals surface area contributed by atoms with Crippen molar-refractivity contribution < 1.29 is 22.3 Å². The van der Waals surface area contributed by atoms with Crippen LogP contribution in [0.5, 0.6) is 0 Å². The Bertz CT molecular complexity index is 185. The molecule has 0 radical (unpaired) electrons. The first-order chi connectivity index (χ1) is 7.02. The topological polar surface area (TPSA) is 21.3 Å². The average molecular weight is 229 g/mol. The van der Waals surface area contributed by atoms with E-state index in [-0.39, 0.29) is 6.61 Å². The zero-order valence-electron chi connectivity index (χ0n) is 8.32. The van der Waals surface area contributed by atoms with Gasteiger partial charge in [0.2, 0.25) is 0 Å². The van der Waals surface area contributed by atoms with Crippen LogP contribution in [0.15, 0.2) is 0 Å². The number of nitrogens with one attached hydrogen (secondary N) is 1. The van der Waals surface area contributed by atoms with E-state index in [1.54, 1.807) is 0 Å². The summed E-state index contributed by atoms with van der Waals surface area (Å²) in [5, 5.41) is 3.01. The lowest BCUT2D eigenvalue weighted by Crippen LogP contribution is -2.33. The average Bonchev–Trinajstić information content (AvgIpc) is 2.94. The van der Waals surface area contributed by atoms with Gasteiger partial charge in [-0.1, -0.05) is 0 Å². The lowest BCUT2D eigenvalue weighted by molar-refractivity contribution is -0.165. The quantitative estimate of drug-likeness (QED) is 0.507. The molecule has 0 heterocycles. The first kappa shape index (κ1) is 12.7. The highest BCUT2D eigenvalue weighted by Crippen LogP contribution is 2.27. The van der Waals surface area contributed by atoms with Crippen molar-refractivity contribution in [2.45, 2.75) is 25.2 Å². The van der Waals surface area contributed by atoms with Gasteiger partial charge in [-0.25, -0.2) is 8.78 Å². The number of ether oxygens (including phenoxy) is 1. The Kier molecular flexibility index (Phi) is 4.79. The minimum atomic E-state index is -4.03. The fourth-order valence-electron chi connectivity index (χ4n) is 1.04. The molecule has 1 rings (SSSR count). The van der Waals surface area contributed by atoms with Crippen LogP contribution in [0.25, 0.3) is 0 Å². The van der Waals surface area contributed by atoms with E-state index < -0.39 is 19.0 Å². The van der Waals surface area contributed by atoms with Crippen molar-refractivity contribution in [2.24, 2.45) is 5.92 Å². The molecule has 0 aliphatic heterocycles. The molecular weight excluding hydrogens is 214 g/mol. The molecule has 0 amide bonds. The fraction of sp³-hybridized carbons (Fsp3) is 1.00. The van der Waals surface area contributed by atoms with Gasteiger partial charge in [0.25, 0.3) is 0 Å². The van der Waals surface area contributed by atoms with Gasteiger partial charge >= 0.3 is 12.3 Å². The monoisotopic (exact) mass is 229 g/mol. The Balaban J connectivity index is 1.90. The second kappa shape index (κ2) is 5.65. The lowest BCUT2D eigenvalue weighted by Gasteiger charge is -2.15. The molecule has 6 heteroatoms. The molecule has 0 aromatic rings. The summed E-state index contributed by atoms with van der Waals surface area (Å²) in [6.07, 6.45) is -1.24. The molecule has 2 nitrogen and oxygen atoms in total. The summed E-state index contributed by atoms with van der Waals surface area (Å²) in [4.78, 5) is 0. The van der Waals surface area contributed by atoms with Gasteiger partial charge in [-0.05, 0) is 25.3 Å². The van der Waals surface area contributed by atoms with E-state index in [1.807, 2.05) is 0 Å². The maximum Gasteiger partial charge on any atom is 0.330 e. The van der Waals surface area contributed by atoms with Crippen molar-refractivity contribution in [2.75, 3.05) is 26.3 Å². The molecular formula is C9H15F4NO. The van der Waals surface area contributed by atoms with Crippen LogP contribution < -0.4 is 5.32 Å². The van der Waals surface area contributed by atoms with Gasteiger partial charge in [-0.3, -0.25) is 0 Å². The van der Waals surface area contributed by atoms with Crippen LogP contribution in [0.4, 0.5) is 17.6 Å². The van der Waals surface area contributed by atoms with Gasteiger partial charge in [-0.2, -0.15) is 8.78 Å². The third kappa shape index (κ3) is 5.32. The molecule has 1 aliphatic rings. The number of hydrogen-bond acceptors (Lipinski definition) is 2. The zero-order valence-corrected chi connectivity index (χ0v) is 8.32. The summed E-state index contributed by atoms with van der Waals surface area (Å²) in [6.45, 7) is 0.106. The smallest absolute Gasteiger partial charge is 0.330 e. The van der Waals surface area contributed by atoms with Crippen molar-refractivity contribution in [3.63, 3.8) is 0 Å². The minimum Gasteiger partial charge on any atom is -0.374 e. The van der Waals surface area contributed by atoms with Crippen molar-refractivity contribution >= 4 is 0 Å². The molecule has 0 unspecified atom stereocenters. The lowest BCUT2D eigenvalue weighted by atomic mass is 10.4. The van der Waals surface area contributed by atoms with Gasteiger partial charge in [0.1, 0.15) is 6.61 Å². The number of alkyl halides is 4. The summed E-state index contributed by atoms with van der Waals surface area (Å²) in [5.41, 5.74) is 0. The number of hydrogen-bond donors (Lipinski definition) is 1. The standard InChI is InChI=1S/C9H15F4NO/c10-8(11)9(12,13)6-15-4-3-14-5-7-1-2-7/h7-8,14H,1-6H2. The Morgan fingerprint density at radius 3 is 2.53 bits per heavy atom. The molecule has 0 atom stereocenters. The molecule has 1 aliphatic carbocycles. The first-order valence-corrected chi connectivity index (χ1v) is 4.97. The molecule has 90 valence electrons. The van der Waals surface area contributed by atoms with Crippen molar-refractivity contribution in [1.82, 2.24) is 5.32 Å². The van der Waals surface area contributed by atoms with Crippen LogP contribution in [0.2, 0.25) is 0 Å². The molecule has 0 aromatic carbocycles. The number of rotatable bonds is 8. The predicted octanol–water partition coefficient (Wildman–Crippen LogP) is 1.90. The highest BCUT2D eigenvalue weighted by Gasteiger charge is 2.40. The van der Waals surface area contributed by atoms with E-state index in [0.717, 1.165) is 6.54 Å². The second-order valence-electron chi connectivity index (χ2n) is 3.76. The molecule has 0 spiro atoms. The largest absolute Gasteiger partial charge is 0.374 e. The predicted molar refractivity (Wildman–Crippen MR) is 47.4 cm³/mol. The maximum atomic E-state index is 12.3. The second-order valence-corrected chi connectivity index (χ2v) is 3.76. The van der Waals surface area contributed by atoms with E-state index in [0.29, 0.717) is 12.5 Å². The summed E-state index contributed by atoms with van der Waals surface area (Å²) in [5.74, 6) is -3.33. The van der Waals surface area contributed by atoms with E-state index in [4.69, 9.17) is 0 Å². The normalized spacial score (nSPS) is 17.4. The van der Waals surface area contributed by atoms with Crippen molar-refractivity contribution in [3.05, 3.63) is 0 Å². The third-order valence-corrected chi connectivity index (χ3v) is 2.17. The summed E-state index contributed by atoms with van der Waals surface area (Å²) < 4.78 is 52.4. The van der Waals surface area contributed by atoms with E-state index in [2.05, 4.69) is 10.1 Å². The van der Waals surface area contributed by atoms with Crippen LogP contribution in [-0.4, -0.2) is 38.7 Å². The van der Waals surface area contributed by atoms with Crippen LogP contribution in [0.1, 0.15) is 12.8 Å². The Morgan fingerprint density at radius 1 is 1.33 bits per heavy atom. The Morgan fingerprint density at radius 2 is 2.00 bits per heavy atom. The Labute approximate surface area is 86.0 Å². The van der Waals surface area contributed by atoms with Crippen molar-refractivity contribution in [1.29, 1.82) is 0 Å². The molecule has 0 saturated heterocycles. The minimum absolute atomic E-state index is 0.0367. The zero-order chi connectivity index (χ0) is 11.3. The van der Waals surface area contributed by atoms with E-state index >= 15 is 0 Å². The van der Waals surface area contributed by atoms with Gasteiger partial charge in [0.05, 0.1) is 6.61 Å². The molecule has 0 aromatic heterocycles. The summed E-state index contributed by atoms with van der Waals surface area (Å²) in [7, 11) is 0.